The van der Waals surface area contributed by atoms with E-state index >= 15 is 0 Å². The van der Waals surface area contributed by atoms with Crippen molar-refractivity contribution in [2.75, 3.05) is 25.9 Å². The lowest BCUT2D eigenvalue weighted by Crippen LogP contribution is -2.44. The van der Waals surface area contributed by atoms with Gasteiger partial charge in [0.05, 0.1) is 6.42 Å². The quantitative estimate of drug-likeness (QED) is 0.806. The maximum Gasteiger partial charge on any atom is 0.224 e. The Hall–Kier alpha value is -1.55. The van der Waals surface area contributed by atoms with Crippen LogP contribution in [-0.4, -0.2) is 37.0 Å². The Morgan fingerprint density at radius 3 is 2.79 bits per heavy atom. The van der Waals surface area contributed by atoms with E-state index in [9.17, 15) is 4.79 Å². The Morgan fingerprint density at radius 2 is 2.11 bits per heavy atom. The number of nitrogens with one attached hydrogen (secondary N) is 1. The number of nitrogens with zero attached hydrogens (tertiary/aromatic N) is 1. The molecule has 0 radical (unpaired) electrons. The first-order valence-electron chi connectivity index (χ1n) is 6.96. The lowest BCUT2D eigenvalue weighted by atomic mass is 10.0. The molecule has 4 nitrogen and oxygen atoms in total. The number of hydrogen-bond acceptors (Lipinski definition) is 3. The van der Waals surface area contributed by atoms with E-state index in [2.05, 4.69) is 17.3 Å². The molecule has 0 aromatic heterocycles. The van der Waals surface area contributed by atoms with E-state index in [4.69, 9.17) is 5.73 Å². The second-order valence-electron chi connectivity index (χ2n) is 5.35. The van der Waals surface area contributed by atoms with E-state index in [0.717, 1.165) is 24.3 Å². The lowest BCUT2D eigenvalue weighted by molar-refractivity contribution is -0.120. The van der Waals surface area contributed by atoms with Crippen molar-refractivity contribution in [3.63, 3.8) is 0 Å². The summed E-state index contributed by atoms with van der Waals surface area (Å²) in [6.45, 7) is 1.89. The predicted octanol–water partition coefficient (Wildman–Crippen LogP) is 1.41. The van der Waals surface area contributed by atoms with Crippen molar-refractivity contribution in [1.82, 2.24) is 10.2 Å². The van der Waals surface area contributed by atoms with E-state index in [-0.39, 0.29) is 5.91 Å². The molecule has 1 aromatic carbocycles. The molecule has 1 aliphatic heterocycles. The van der Waals surface area contributed by atoms with Crippen molar-refractivity contribution in [2.45, 2.75) is 31.7 Å². The average Bonchev–Trinajstić information content (AvgIpc) is 2.40. The Labute approximate surface area is 115 Å². The van der Waals surface area contributed by atoms with Crippen LogP contribution in [0.2, 0.25) is 0 Å². The number of nitrogens with two attached hydrogens (primary N) is 1. The first-order chi connectivity index (χ1) is 9.15. The summed E-state index contributed by atoms with van der Waals surface area (Å²) in [5, 5.41) is 3.03. The normalized spacial score (nSPS) is 20.2. The van der Waals surface area contributed by atoms with E-state index in [0.29, 0.717) is 12.5 Å². The monoisotopic (exact) mass is 261 g/mol. The van der Waals surface area contributed by atoms with Gasteiger partial charge in [-0.2, -0.15) is 0 Å². The van der Waals surface area contributed by atoms with Crippen LogP contribution in [0.25, 0.3) is 0 Å². The largest absolute Gasteiger partial charge is 0.399 e. The Bertz CT molecular complexity index is 416. The highest BCUT2D eigenvalue weighted by atomic mass is 16.1. The second kappa shape index (κ2) is 6.57. The van der Waals surface area contributed by atoms with E-state index in [1.807, 2.05) is 24.3 Å². The minimum absolute atomic E-state index is 0.0868. The molecule has 19 heavy (non-hydrogen) atoms. The van der Waals surface area contributed by atoms with Crippen LogP contribution >= 0.6 is 0 Å². The summed E-state index contributed by atoms with van der Waals surface area (Å²) in [6.07, 6.45) is 4.14. The number of anilines is 1. The van der Waals surface area contributed by atoms with Crippen LogP contribution in [0.4, 0.5) is 5.69 Å². The first kappa shape index (κ1) is 13.9. The SMILES string of the molecule is CN1CCCCC1CNC(=O)Cc1ccc(N)cc1. The van der Waals surface area contributed by atoms with E-state index < -0.39 is 0 Å². The van der Waals surface area contributed by atoms with Crippen LogP contribution in [-0.2, 0) is 11.2 Å². The summed E-state index contributed by atoms with van der Waals surface area (Å²) in [5.41, 5.74) is 7.36. The van der Waals surface area contributed by atoms with Gasteiger partial charge < -0.3 is 16.0 Å². The van der Waals surface area contributed by atoms with Crippen LogP contribution in [0.3, 0.4) is 0 Å². The molecule has 0 bridgehead atoms. The minimum atomic E-state index is 0.0868. The molecular weight excluding hydrogens is 238 g/mol. The number of nitrogen functional groups attached to an aromatic ring is 1. The third-order valence-electron chi connectivity index (χ3n) is 3.80. The van der Waals surface area contributed by atoms with E-state index in [1.165, 1.54) is 19.3 Å². The molecule has 104 valence electrons. The highest BCUT2D eigenvalue weighted by molar-refractivity contribution is 5.78. The van der Waals surface area contributed by atoms with Crippen molar-refractivity contribution in [3.05, 3.63) is 29.8 Å². The predicted molar refractivity (Wildman–Crippen MR) is 77.8 cm³/mol. The number of carbonyl (C=O) groups is 1. The summed E-state index contributed by atoms with van der Waals surface area (Å²) in [4.78, 5) is 14.2. The van der Waals surface area contributed by atoms with Gasteiger partial charge in [-0.25, -0.2) is 0 Å². The van der Waals surface area contributed by atoms with Gasteiger partial charge in [-0.15, -0.1) is 0 Å². The van der Waals surface area contributed by atoms with Crippen LogP contribution in [0.1, 0.15) is 24.8 Å². The van der Waals surface area contributed by atoms with Crippen molar-refractivity contribution < 1.29 is 4.79 Å². The van der Waals surface area contributed by atoms with Crippen molar-refractivity contribution in [3.8, 4) is 0 Å². The van der Waals surface area contributed by atoms with Gasteiger partial charge in [-0.3, -0.25) is 4.79 Å². The van der Waals surface area contributed by atoms with Gasteiger partial charge in [0.15, 0.2) is 0 Å². The molecule has 1 aliphatic rings. The molecule has 0 saturated carbocycles. The summed E-state index contributed by atoms with van der Waals surface area (Å²) >= 11 is 0. The highest BCUT2D eigenvalue weighted by Crippen LogP contribution is 2.14. The van der Waals surface area contributed by atoms with Crippen LogP contribution in [0.5, 0.6) is 0 Å². The molecule has 2 rings (SSSR count). The fraction of sp³-hybridized carbons (Fsp3) is 0.533. The molecule has 1 unspecified atom stereocenters. The average molecular weight is 261 g/mol. The van der Waals surface area contributed by atoms with E-state index in [1.54, 1.807) is 0 Å². The summed E-state index contributed by atoms with van der Waals surface area (Å²) in [5.74, 6) is 0.0868. The highest BCUT2D eigenvalue weighted by Gasteiger charge is 2.19. The Morgan fingerprint density at radius 1 is 1.37 bits per heavy atom. The summed E-state index contributed by atoms with van der Waals surface area (Å²) in [6, 6.07) is 7.96. The number of likely N-dealkylation sites (N-methyl/N-ethyl adjacent to an activating group) is 1. The first-order valence-corrected chi connectivity index (χ1v) is 6.96. The standard InChI is InChI=1S/C15H23N3O/c1-18-9-3-2-4-14(18)11-17-15(19)10-12-5-7-13(16)8-6-12/h5-8,14H,2-4,9-11,16H2,1H3,(H,17,19). The van der Waals surface area contributed by atoms with Gasteiger partial charge in [0.1, 0.15) is 0 Å². The topological polar surface area (TPSA) is 58.4 Å². The van der Waals surface area contributed by atoms with Gasteiger partial charge in [-0.1, -0.05) is 18.6 Å². The molecular formula is C15H23N3O. The number of carbonyl (C=O) groups excluding carboxylic acids is 1. The van der Waals surface area contributed by atoms with Gasteiger partial charge in [-0.05, 0) is 44.1 Å². The van der Waals surface area contributed by atoms with Crippen molar-refractivity contribution in [2.24, 2.45) is 0 Å². The summed E-state index contributed by atoms with van der Waals surface area (Å²) < 4.78 is 0. The molecule has 3 N–H and O–H groups in total. The molecule has 1 amide bonds. The number of amides is 1. The molecule has 0 aliphatic carbocycles. The zero-order valence-electron chi connectivity index (χ0n) is 11.6. The summed E-state index contributed by atoms with van der Waals surface area (Å²) in [7, 11) is 2.13. The Balaban J connectivity index is 1.76. The number of piperidine rings is 1. The van der Waals surface area contributed by atoms with Crippen LogP contribution in [0, 0.1) is 0 Å². The molecule has 1 fully saturated rings. The second-order valence-corrected chi connectivity index (χ2v) is 5.35. The molecule has 4 heteroatoms. The molecule has 1 saturated heterocycles. The minimum Gasteiger partial charge on any atom is -0.399 e. The third-order valence-corrected chi connectivity index (χ3v) is 3.80. The number of hydrogen-bond donors (Lipinski definition) is 2. The van der Waals surface area contributed by atoms with Crippen LogP contribution < -0.4 is 11.1 Å². The number of benzene rings is 1. The van der Waals surface area contributed by atoms with Gasteiger partial charge >= 0.3 is 0 Å². The Kier molecular flexibility index (Phi) is 4.80. The van der Waals surface area contributed by atoms with Crippen molar-refractivity contribution >= 4 is 11.6 Å². The smallest absolute Gasteiger partial charge is 0.224 e. The molecule has 1 heterocycles. The van der Waals surface area contributed by atoms with Gasteiger partial charge in [0.2, 0.25) is 5.91 Å². The zero-order valence-corrected chi connectivity index (χ0v) is 11.6. The molecule has 1 atom stereocenters. The number of likely N-dealkylation sites (tertiary alicyclic amines) is 1. The maximum absolute atomic E-state index is 11.9. The fourth-order valence-electron chi connectivity index (χ4n) is 2.52. The van der Waals surface area contributed by atoms with Gasteiger partial charge in [0.25, 0.3) is 0 Å². The van der Waals surface area contributed by atoms with Crippen LogP contribution in [0.15, 0.2) is 24.3 Å². The fourth-order valence-corrected chi connectivity index (χ4v) is 2.52. The van der Waals surface area contributed by atoms with Gasteiger partial charge in [0, 0.05) is 18.3 Å². The maximum atomic E-state index is 11.9. The molecule has 0 spiro atoms. The van der Waals surface area contributed by atoms with Crippen molar-refractivity contribution in [1.29, 1.82) is 0 Å². The number of rotatable bonds is 4. The third kappa shape index (κ3) is 4.24. The molecule has 1 aromatic rings. The lowest BCUT2D eigenvalue weighted by Gasteiger charge is -2.32. The zero-order chi connectivity index (χ0) is 13.7.